The first-order valence-electron chi connectivity index (χ1n) is 11.1. The quantitative estimate of drug-likeness (QED) is 0.566. The van der Waals surface area contributed by atoms with Crippen molar-refractivity contribution in [1.29, 1.82) is 0 Å². The molecule has 3 rings (SSSR count). The topological polar surface area (TPSA) is 86.0 Å². The van der Waals surface area contributed by atoms with Gasteiger partial charge in [0, 0.05) is 13.0 Å². The van der Waals surface area contributed by atoms with Gasteiger partial charge < -0.3 is 30.4 Å². The summed E-state index contributed by atoms with van der Waals surface area (Å²) in [6.45, 7) is 8.91. The van der Waals surface area contributed by atoms with E-state index in [0.717, 1.165) is 35.6 Å². The van der Waals surface area contributed by atoms with E-state index in [4.69, 9.17) is 19.9 Å². The molecule has 1 aliphatic heterocycles. The smallest absolute Gasteiger partial charge is 0.160 e. The molecule has 2 atom stereocenters. The molecule has 0 radical (unpaired) electrons. The van der Waals surface area contributed by atoms with Gasteiger partial charge in [-0.2, -0.15) is 0 Å². The van der Waals surface area contributed by atoms with Gasteiger partial charge in [-0.05, 0) is 49.1 Å². The van der Waals surface area contributed by atoms with Gasteiger partial charge in [0.15, 0.2) is 11.5 Å². The summed E-state index contributed by atoms with van der Waals surface area (Å²) in [5, 5.41) is 12.7. The summed E-state index contributed by atoms with van der Waals surface area (Å²) in [5.74, 6) is 2.73. The molecule has 6 heteroatoms. The summed E-state index contributed by atoms with van der Waals surface area (Å²) in [6.07, 6.45) is 6.04. The first kappa shape index (κ1) is 26.4. The minimum Gasteiger partial charge on any atom is -0.504 e. The Hall–Kier alpha value is -2.60. The molecule has 2 aliphatic rings. The van der Waals surface area contributed by atoms with Crippen molar-refractivity contribution in [2.75, 3.05) is 33.2 Å². The van der Waals surface area contributed by atoms with Gasteiger partial charge in [0.2, 0.25) is 0 Å². The van der Waals surface area contributed by atoms with Crippen molar-refractivity contribution < 1.29 is 19.3 Å². The number of hydrogen-bond acceptors (Lipinski definition) is 6. The van der Waals surface area contributed by atoms with Crippen LogP contribution in [0.5, 0.6) is 5.75 Å². The number of benzene rings is 1. The zero-order chi connectivity index (χ0) is 23.4. The van der Waals surface area contributed by atoms with E-state index in [-0.39, 0.29) is 5.76 Å². The molecule has 1 aromatic carbocycles. The molecule has 1 aliphatic carbocycles. The lowest BCUT2D eigenvalue weighted by Gasteiger charge is -2.29. The van der Waals surface area contributed by atoms with Gasteiger partial charge in [-0.3, -0.25) is 0 Å². The van der Waals surface area contributed by atoms with Crippen molar-refractivity contribution in [2.24, 2.45) is 11.7 Å². The van der Waals surface area contributed by atoms with Gasteiger partial charge in [-0.25, -0.2) is 0 Å². The number of nitrogens with two attached hydrogens (primary N) is 1. The molecule has 4 N–H and O–H groups in total. The SMILES string of the molecule is CC.CC[C@H]1CO/C(=C2\C=C(OC)C(O)=CC2)[C@@]1(N)CC.CNc1ccccc1OC. The van der Waals surface area contributed by atoms with E-state index in [0.29, 0.717) is 24.7 Å². The fourth-order valence-electron chi connectivity index (χ4n) is 3.75. The number of hydrogen-bond donors (Lipinski definition) is 3. The molecular weight excluding hydrogens is 392 g/mol. The molecule has 31 heavy (non-hydrogen) atoms. The van der Waals surface area contributed by atoms with Gasteiger partial charge in [0.1, 0.15) is 11.5 Å². The highest BCUT2D eigenvalue weighted by Gasteiger charge is 2.44. The van der Waals surface area contributed by atoms with Crippen molar-refractivity contribution >= 4 is 5.69 Å². The first-order valence-corrected chi connectivity index (χ1v) is 11.1. The fraction of sp³-hybridized carbons (Fsp3) is 0.520. The molecule has 174 valence electrons. The average Bonchev–Trinajstić information content (AvgIpc) is 3.17. The number of anilines is 1. The van der Waals surface area contributed by atoms with Crippen LogP contribution in [0.25, 0.3) is 0 Å². The van der Waals surface area contributed by atoms with E-state index in [1.807, 2.05) is 51.2 Å². The van der Waals surface area contributed by atoms with Gasteiger partial charge in [-0.1, -0.05) is 39.8 Å². The van der Waals surface area contributed by atoms with Crippen LogP contribution in [-0.4, -0.2) is 38.5 Å². The minimum absolute atomic E-state index is 0.177. The van der Waals surface area contributed by atoms with Crippen LogP contribution in [0.2, 0.25) is 0 Å². The third-order valence-corrected chi connectivity index (χ3v) is 5.62. The summed E-state index contributed by atoms with van der Waals surface area (Å²) in [5.41, 5.74) is 8.20. The molecule has 0 aromatic heterocycles. The van der Waals surface area contributed by atoms with Gasteiger partial charge in [0.25, 0.3) is 0 Å². The zero-order valence-electron chi connectivity index (χ0n) is 20.1. The molecule has 0 unspecified atom stereocenters. The Morgan fingerprint density at radius 2 is 1.87 bits per heavy atom. The largest absolute Gasteiger partial charge is 0.504 e. The second kappa shape index (κ2) is 13.0. The van der Waals surface area contributed by atoms with Crippen LogP contribution < -0.4 is 15.8 Å². The maximum atomic E-state index is 9.69. The zero-order valence-corrected chi connectivity index (χ0v) is 20.1. The molecule has 0 bridgehead atoms. The number of aliphatic hydroxyl groups excluding tert-OH is 1. The number of rotatable bonds is 5. The lowest BCUT2D eigenvalue weighted by molar-refractivity contribution is 0.234. The third kappa shape index (κ3) is 6.20. The van der Waals surface area contributed by atoms with E-state index in [1.54, 1.807) is 20.3 Å². The fourth-order valence-corrected chi connectivity index (χ4v) is 3.75. The molecule has 1 heterocycles. The summed E-state index contributed by atoms with van der Waals surface area (Å²) < 4.78 is 16.1. The summed E-state index contributed by atoms with van der Waals surface area (Å²) in [6, 6.07) is 7.80. The maximum Gasteiger partial charge on any atom is 0.160 e. The van der Waals surface area contributed by atoms with Crippen molar-refractivity contribution in [2.45, 2.75) is 52.5 Å². The molecule has 6 nitrogen and oxygen atoms in total. The molecule has 1 saturated heterocycles. The first-order chi connectivity index (χ1) is 14.9. The average molecular weight is 433 g/mol. The van der Waals surface area contributed by atoms with Crippen LogP contribution in [0.1, 0.15) is 47.0 Å². The molecule has 1 aromatic rings. The minimum atomic E-state index is -0.403. The van der Waals surface area contributed by atoms with Crippen LogP contribution in [0.4, 0.5) is 5.69 Å². The molecule has 1 fully saturated rings. The van der Waals surface area contributed by atoms with E-state index in [1.165, 1.54) is 0 Å². The van der Waals surface area contributed by atoms with Gasteiger partial charge in [-0.15, -0.1) is 0 Å². The normalized spacial score (nSPS) is 24.3. The van der Waals surface area contributed by atoms with E-state index >= 15 is 0 Å². The Bertz CT molecular complexity index is 762. The van der Waals surface area contributed by atoms with E-state index < -0.39 is 5.54 Å². The predicted octanol–water partition coefficient (Wildman–Crippen LogP) is 5.54. The predicted molar refractivity (Wildman–Crippen MR) is 128 cm³/mol. The standard InChI is InChI=1S/C15H23NO3.C8H11NO.C2H6/c1-4-11-9-19-14(15(11,16)5-2)10-6-7-12(17)13(8-10)18-3;1-9-7-5-3-4-6-8(7)10-2;1-2/h7-8,11,17H,4-6,9,16H2,1-3H3;3-6,9H,1-2H3;1-2H3/b14-10-;;/t11-,15+;;/m0../s1. The number of ether oxygens (including phenoxy) is 3. The number of allylic oxidation sites excluding steroid dienone is 3. The second-order valence-electron chi connectivity index (χ2n) is 7.12. The van der Waals surface area contributed by atoms with Crippen LogP contribution >= 0.6 is 0 Å². The molecule has 0 amide bonds. The maximum absolute atomic E-state index is 9.69. The Labute approximate surface area is 187 Å². The van der Waals surface area contributed by atoms with Crippen molar-refractivity contribution in [3.05, 3.63) is 59.3 Å². The van der Waals surface area contributed by atoms with Crippen molar-refractivity contribution in [3.8, 4) is 5.75 Å². The highest BCUT2D eigenvalue weighted by Crippen LogP contribution is 2.41. The summed E-state index contributed by atoms with van der Waals surface area (Å²) in [4.78, 5) is 0. The molecular formula is C25H40N2O4. The molecule has 0 saturated carbocycles. The second-order valence-corrected chi connectivity index (χ2v) is 7.12. The van der Waals surface area contributed by atoms with Crippen molar-refractivity contribution in [1.82, 2.24) is 0 Å². The number of nitrogens with one attached hydrogen (secondary N) is 1. The lowest BCUT2D eigenvalue weighted by Crippen LogP contribution is -2.45. The van der Waals surface area contributed by atoms with Crippen LogP contribution in [0.15, 0.2) is 59.3 Å². The Morgan fingerprint density at radius 1 is 1.19 bits per heavy atom. The monoisotopic (exact) mass is 432 g/mol. The highest BCUT2D eigenvalue weighted by atomic mass is 16.5. The number of methoxy groups -OCH3 is 2. The van der Waals surface area contributed by atoms with E-state index in [2.05, 4.69) is 19.2 Å². The van der Waals surface area contributed by atoms with Gasteiger partial charge in [0.05, 0.1) is 32.1 Å². The third-order valence-electron chi connectivity index (χ3n) is 5.62. The summed E-state index contributed by atoms with van der Waals surface area (Å²) >= 11 is 0. The van der Waals surface area contributed by atoms with Crippen molar-refractivity contribution in [3.63, 3.8) is 0 Å². The Morgan fingerprint density at radius 3 is 2.39 bits per heavy atom. The highest BCUT2D eigenvalue weighted by molar-refractivity contribution is 5.55. The summed E-state index contributed by atoms with van der Waals surface area (Å²) in [7, 11) is 5.08. The van der Waals surface area contributed by atoms with Crippen LogP contribution in [0.3, 0.4) is 0 Å². The van der Waals surface area contributed by atoms with E-state index in [9.17, 15) is 5.11 Å². The number of aliphatic hydroxyl groups is 1. The lowest BCUT2D eigenvalue weighted by atomic mass is 9.79. The Balaban J connectivity index is 0.000000337. The van der Waals surface area contributed by atoms with Crippen LogP contribution in [-0.2, 0) is 9.47 Å². The molecule has 0 spiro atoms. The van der Waals surface area contributed by atoms with Gasteiger partial charge >= 0.3 is 0 Å². The Kier molecular flexibility index (Phi) is 11.0. The number of para-hydroxylation sites is 2. The van der Waals surface area contributed by atoms with Crippen LogP contribution in [0, 0.1) is 5.92 Å².